The fourth-order valence-corrected chi connectivity index (χ4v) is 1.42. The van der Waals surface area contributed by atoms with Crippen LogP contribution in [0.15, 0.2) is 0 Å². The third-order valence-corrected chi connectivity index (χ3v) is 2.29. The summed E-state index contributed by atoms with van der Waals surface area (Å²) in [6.45, 7) is 3.88. The maximum Gasteiger partial charge on any atom is 0.133 e. The Hall–Kier alpha value is 0.214. The van der Waals surface area contributed by atoms with Gasteiger partial charge < -0.3 is 4.90 Å². The third-order valence-electron chi connectivity index (χ3n) is 2.29. The van der Waals surface area contributed by atoms with E-state index in [-0.39, 0.29) is 18.6 Å². The van der Waals surface area contributed by atoms with E-state index in [1.807, 2.05) is 0 Å². The smallest absolute Gasteiger partial charge is 0.133 e. The average molecular weight is 192 g/mol. The molecule has 1 fully saturated rings. The predicted octanol–water partition coefficient (Wildman–Crippen LogP) is 0.915. The number of hydrogen-bond acceptors (Lipinski definition) is 2. The molecule has 0 bridgehead atoms. The monoisotopic (exact) mass is 192 g/mol. The molecule has 11 heavy (non-hydrogen) atoms. The third kappa shape index (κ3) is 3.41. The maximum absolute atomic E-state index is 10.9. The molecule has 0 N–H and O–H groups in total. The van der Waals surface area contributed by atoms with Gasteiger partial charge in [0, 0.05) is 24.5 Å². The zero-order valence-corrected chi connectivity index (χ0v) is 8.61. The van der Waals surface area contributed by atoms with Gasteiger partial charge in [0.2, 0.25) is 0 Å². The van der Waals surface area contributed by atoms with Crippen LogP contribution < -0.4 is 0 Å². The molecule has 1 rings (SSSR count). The maximum atomic E-state index is 10.9. The standard InChI is InChI=1S/C8H15NO.V/c1-7(10)8-3-5-9(2)6-4-8;/h8H,3-6H2,1-2H3;. The van der Waals surface area contributed by atoms with Crippen LogP contribution in [-0.2, 0) is 23.4 Å². The molecule has 0 spiro atoms. The van der Waals surface area contributed by atoms with Crippen molar-refractivity contribution < 1.29 is 23.4 Å². The van der Waals surface area contributed by atoms with E-state index in [9.17, 15) is 4.79 Å². The molecule has 1 radical (unpaired) electrons. The topological polar surface area (TPSA) is 20.3 Å². The Bertz CT molecular complexity index is 130. The van der Waals surface area contributed by atoms with Gasteiger partial charge in [0.1, 0.15) is 5.78 Å². The number of nitrogens with zero attached hydrogens (tertiary/aromatic N) is 1. The first kappa shape index (κ1) is 11.2. The molecule has 0 saturated carbocycles. The number of piperidine rings is 1. The Morgan fingerprint density at radius 3 is 2.18 bits per heavy atom. The van der Waals surface area contributed by atoms with E-state index in [0.717, 1.165) is 25.9 Å². The number of ketones is 1. The van der Waals surface area contributed by atoms with E-state index in [0.29, 0.717) is 11.7 Å². The summed E-state index contributed by atoms with van der Waals surface area (Å²) in [6.07, 6.45) is 2.12. The SMILES string of the molecule is CC(=O)C1CCN(C)CC1.[V]. The van der Waals surface area contributed by atoms with Crippen molar-refractivity contribution >= 4 is 5.78 Å². The second kappa shape index (κ2) is 4.97. The number of hydrogen-bond donors (Lipinski definition) is 0. The van der Waals surface area contributed by atoms with E-state index in [1.165, 1.54) is 0 Å². The fraction of sp³-hybridized carbons (Fsp3) is 0.875. The molecule has 0 aromatic rings. The second-order valence-corrected chi connectivity index (χ2v) is 3.19. The molecule has 0 aromatic carbocycles. The van der Waals surface area contributed by atoms with Crippen LogP contribution in [0.2, 0.25) is 0 Å². The van der Waals surface area contributed by atoms with Crippen molar-refractivity contribution in [3.05, 3.63) is 0 Å². The molecule has 0 aliphatic carbocycles. The molecular formula is C8H15NOV. The van der Waals surface area contributed by atoms with Gasteiger partial charge in [-0.1, -0.05) is 0 Å². The molecule has 0 aromatic heterocycles. The van der Waals surface area contributed by atoms with Gasteiger partial charge in [0.05, 0.1) is 0 Å². The van der Waals surface area contributed by atoms with Crippen LogP contribution in [-0.4, -0.2) is 30.8 Å². The second-order valence-electron chi connectivity index (χ2n) is 3.19. The van der Waals surface area contributed by atoms with Crippen molar-refractivity contribution in [3.8, 4) is 0 Å². The van der Waals surface area contributed by atoms with Crippen LogP contribution in [0.1, 0.15) is 19.8 Å². The van der Waals surface area contributed by atoms with E-state index in [1.54, 1.807) is 6.92 Å². The van der Waals surface area contributed by atoms with Crippen molar-refractivity contribution in [1.29, 1.82) is 0 Å². The first-order chi connectivity index (χ1) is 4.70. The summed E-state index contributed by atoms with van der Waals surface area (Å²) in [5, 5.41) is 0. The van der Waals surface area contributed by atoms with Gasteiger partial charge in [0.25, 0.3) is 0 Å². The predicted molar refractivity (Wildman–Crippen MR) is 40.9 cm³/mol. The van der Waals surface area contributed by atoms with Gasteiger partial charge >= 0.3 is 0 Å². The van der Waals surface area contributed by atoms with E-state index in [2.05, 4.69) is 11.9 Å². The Morgan fingerprint density at radius 2 is 1.82 bits per heavy atom. The quantitative estimate of drug-likeness (QED) is 0.615. The zero-order chi connectivity index (χ0) is 7.56. The van der Waals surface area contributed by atoms with E-state index in [4.69, 9.17) is 0 Å². The van der Waals surface area contributed by atoms with Crippen molar-refractivity contribution in [2.45, 2.75) is 19.8 Å². The van der Waals surface area contributed by atoms with Crippen molar-refractivity contribution in [1.82, 2.24) is 4.90 Å². The summed E-state index contributed by atoms with van der Waals surface area (Å²) in [4.78, 5) is 13.2. The largest absolute Gasteiger partial charge is 0.306 e. The number of Topliss-reactive ketones (excluding diaryl/α,β-unsaturated/α-hetero) is 1. The molecule has 0 unspecified atom stereocenters. The summed E-state index contributed by atoms with van der Waals surface area (Å²) >= 11 is 0. The Labute approximate surface area is 80.2 Å². The van der Waals surface area contributed by atoms with Crippen molar-refractivity contribution in [2.24, 2.45) is 5.92 Å². The number of rotatable bonds is 1. The van der Waals surface area contributed by atoms with Crippen LogP contribution in [0.4, 0.5) is 0 Å². The first-order valence-corrected chi connectivity index (χ1v) is 3.89. The summed E-state index contributed by atoms with van der Waals surface area (Å²) in [5.74, 6) is 0.726. The number of carbonyl (C=O) groups is 1. The van der Waals surface area contributed by atoms with Gasteiger partial charge in [-0.05, 0) is 39.9 Å². The summed E-state index contributed by atoms with van der Waals surface area (Å²) in [7, 11) is 2.11. The van der Waals surface area contributed by atoms with Crippen LogP contribution in [0.5, 0.6) is 0 Å². The fourth-order valence-electron chi connectivity index (χ4n) is 1.42. The molecule has 1 aliphatic heterocycles. The van der Waals surface area contributed by atoms with Crippen molar-refractivity contribution in [2.75, 3.05) is 20.1 Å². The van der Waals surface area contributed by atoms with Gasteiger partial charge in [-0.3, -0.25) is 4.79 Å². The van der Waals surface area contributed by atoms with Crippen LogP contribution in [0, 0.1) is 5.92 Å². The molecule has 63 valence electrons. The van der Waals surface area contributed by atoms with Crippen molar-refractivity contribution in [3.63, 3.8) is 0 Å². The molecule has 3 heteroatoms. The number of carbonyl (C=O) groups excluding carboxylic acids is 1. The van der Waals surface area contributed by atoms with E-state index >= 15 is 0 Å². The Balaban J connectivity index is 0.000001000. The number of likely N-dealkylation sites (tertiary alicyclic amines) is 1. The molecular weight excluding hydrogens is 177 g/mol. The molecule has 1 aliphatic rings. The zero-order valence-electron chi connectivity index (χ0n) is 7.21. The molecule has 2 nitrogen and oxygen atoms in total. The van der Waals surface area contributed by atoms with Crippen LogP contribution in [0.25, 0.3) is 0 Å². The minimum Gasteiger partial charge on any atom is -0.306 e. The van der Waals surface area contributed by atoms with Gasteiger partial charge in [-0.25, -0.2) is 0 Å². The summed E-state index contributed by atoms with van der Waals surface area (Å²) in [6, 6.07) is 0. The molecule has 0 amide bonds. The van der Waals surface area contributed by atoms with Crippen LogP contribution in [0.3, 0.4) is 0 Å². The first-order valence-electron chi connectivity index (χ1n) is 3.89. The Kier molecular flexibility index (Phi) is 5.06. The Morgan fingerprint density at radius 1 is 1.36 bits per heavy atom. The molecule has 0 atom stereocenters. The van der Waals surface area contributed by atoms with Gasteiger partial charge in [0.15, 0.2) is 0 Å². The van der Waals surface area contributed by atoms with Gasteiger partial charge in [-0.2, -0.15) is 0 Å². The average Bonchev–Trinajstić information content (AvgIpc) is 1.88. The molecule has 1 saturated heterocycles. The summed E-state index contributed by atoms with van der Waals surface area (Å²) in [5.41, 5.74) is 0. The minimum absolute atomic E-state index is 0. The molecule has 1 heterocycles. The summed E-state index contributed by atoms with van der Waals surface area (Å²) < 4.78 is 0. The van der Waals surface area contributed by atoms with E-state index < -0.39 is 0 Å². The normalized spacial score (nSPS) is 20.9. The van der Waals surface area contributed by atoms with Gasteiger partial charge in [-0.15, -0.1) is 0 Å². The van der Waals surface area contributed by atoms with Crippen LogP contribution >= 0.6 is 0 Å². The minimum atomic E-state index is 0.